The fraction of sp³-hybridized carbons (Fsp3) is 0.238. The van der Waals surface area contributed by atoms with Crippen LogP contribution in [0, 0.1) is 0 Å². The van der Waals surface area contributed by atoms with E-state index in [2.05, 4.69) is 21.7 Å². The van der Waals surface area contributed by atoms with Gasteiger partial charge in [-0.05, 0) is 37.0 Å². The van der Waals surface area contributed by atoms with E-state index in [9.17, 15) is 0 Å². The Hall–Kier alpha value is -2.59. The molecule has 0 atom stereocenters. The van der Waals surface area contributed by atoms with Gasteiger partial charge in [0, 0.05) is 29.2 Å². The van der Waals surface area contributed by atoms with Crippen molar-refractivity contribution in [2.45, 2.75) is 25.3 Å². The summed E-state index contributed by atoms with van der Waals surface area (Å²) in [4.78, 5) is 9.37. The van der Waals surface area contributed by atoms with Crippen LogP contribution in [-0.2, 0) is 6.42 Å². The maximum absolute atomic E-state index is 6.06. The minimum Gasteiger partial charge on any atom is -0.370 e. The summed E-state index contributed by atoms with van der Waals surface area (Å²) in [6.07, 6.45) is 3.31. The lowest BCUT2D eigenvalue weighted by Crippen LogP contribution is -2.10. The summed E-state index contributed by atoms with van der Waals surface area (Å²) in [7, 11) is 0. The second-order valence-corrected chi connectivity index (χ2v) is 6.99. The van der Waals surface area contributed by atoms with Crippen molar-refractivity contribution in [3.63, 3.8) is 0 Å². The highest BCUT2D eigenvalue weighted by Gasteiger charge is 2.22. The minimum absolute atomic E-state index is 0.549. The van der Waals surface area contributed by atoms with Gasteiger partial charge in [0.15, 0.2) is 5.82 Å². The molecule has 1 aromatic heterocycles. The van der Waals surface area contributed by atoms with Crippen molar-refractivity contribution in [1.82, 2.24) is 9.97 Å². The van der Waals surface area contributed by atoms with Crippen LogP contribution < -0.4 is 10.6 Å². The molecule has 0 unspecified atom stereocenters. The largest absolute Gasteiger partial charge is 0.370 e. The van der Waals surface area contributed by atoms with Crippen LogP contribution in [0.2, 0.25) is 5.02 Å². The number of hydrogen-bond acceptors (Lipinski definition) is 4. The predicted molar refractivity (Wildman–Crippen MR) is 108 cm³/mol. The molecule has 1 aliphatic carbocycles. The van der Waals surface area contributed by atoms with Crippen molar-refractivity contribution in [2.75, 3.05) is 17.2 Å². The van der Waals surface area contributed by atoms with Crippen LogP contribution in [0.15, 0.2) is 60.7 Å². The van der Waals surface area contributed by atoms with E-state index in [1.54, 1.807) is 0 Å². The first-order chi connectivity index (χ1) is 12.8. The van der Waals surface area contributed by atoms with Crippen molar-refractivity contribution in [1.29, 1.82) is 0 Å². The zero-order valence-corrected chi connectivity index (χ0v) is 15.2. The highest BCUT2D eigenvalue weighted by Crippen LogP contribution is 2.26. The third-order valence-electron chi connectivity index (χ3n) is 4.30. The van der Waals surface area contributed by atoms with Crippen molar-refractivity contribution in [3.05, 3.63) is 71.2 Å². The molecule has 5 heteroatoms. The fourth-order valence-electron chi connectivity index (χ4n) is 2.79. The molecule has 132 valence electrons. The van der Waals surface area contributed by atoms with Gasteiger partial charge in [0.25, 0.3) is 0 Å². The lowest BCUT2D eigenvalue weighted by Gasteiger charge is -2.11. The Bertz CT molecular complexity index is 878. The summed E-state index contributed by atoms with van der Waals surface area (Å²) < 4.78 is 0. The molecule has 2 aromatic carbocycles. The topological polar surface area (TPSA) is 49.8 Å². The number of halogens is 1. The second-order valence-electron chi connectivity index (χ2n) is 6.55. The molecule has 0 saturated heterocycles. The van der Waals surface area contributed by atoms with Crippen LogP contribution in [0.1, 0.15) is 18.4 Å². The molecule has 0 spiro atoms. The Morgan fingerprint density at radius 1 is 0.923 bits per heavy atom. The molecule has 1 saturated carbocycles. The predicted octanol–water partition coefficient (Wildman–Crippen LogP) is 5.03. The second kappa shape index (κ2) is 7.75. The van der Waals surface area contributed by atoms with E-state index in [-0.39, 0.29) is 0 Å². The lowest BCUT2D eigenvalue weighted by molar-refractivity contribution is 0.998. The Kier molecular flexibility index (Phi) is 5.02. The first-order valence-corrected chi connectivity index (χ1v) is 9.33. The average Bonchev–Trinajstić information content (AvgIpc) is 3.46. The summed E-state index contributed by atoms with van der Waals surface area (Å²) in [6.45, 7) is 0.786. The summed E-state index contributed by atoms with van der Waals surface area (Å²) in [5.74, 6) is 2.46. The molecule has 26 heavy (non-hydrogen) atoms. The average molecular weight is 365 g/mol. The van der Waals surface area contributed by atoms with Gasteiger partial charge in [-0.1, -0.05) is 54.1 Å². The monoisotopic (exact) mass is 364 g/mol. The number of anilines is 2. The fourth-order valence-corrected chi connectivity index (χ4v) is 3.01. The molecular weight excluding hydrogens is 344 g/mol. The Balaban J connectivity index is 1.50. The number of hydrogen-bond donors (Lipinski definition) is 2. The third kappa shape index (κ3) is 4.52. The van der Waals surface area contributed by atoms with Crippen LogP contribution in [-0.4, -0.2) is 22.6 Å². The molecule has 4 rings (SSSR count). The maximum atomic E-state index is 6.06. The maximum Gasteiger partial charge on any atom is 0.163 e. The standard InChI is InChI=1S/C21H21ClN4/c22-17-8-4-5-15(13-17)11-12-23-19-14-20(24-18-9-10-18)26-21(25-19)16-6-2-1-3-7-16/h1-8,13-14,18H,9-12H2,(H2,23,24,25,26). The van der Waals surface area contributed by atoms with E-state index in [4.69, 9.17) is 16.6 Å². The number of nitrogens with one attached hydrogen (secondary N) is 2. The van der Waals surface area contributed by atoms with E-state index < -0.39 is 0 Å². The first-order valence-electron chi connectivity index (χ1n) is 8.96. The molecule has 3 aromatic rings. The van der Waals surface area contributed by atoms with Crippen LogP contribution in [0.25, 0.3) is 11.4 Å². The minimum atomic E-state index is 0.549. The van der Waals surface area contributed by atoms with Crippen molar-refractivity contribution < 1.29 is 0 Å². The van der Waals surface area contributed by atoms with Gasteiger partial charge in [0.1, 0.15) is 11.6 Å². The smallest absolute Gasteiger partial charge is 0.163 e. The van der Waals surface area contributed by atoms with E-state index in [0.717, 1.165) is 41.0 Å². The van der Waals surface area contributed by atoms with Crippen molar-refractivity contribution in [3.8, 4) is 11.4 Å². The van der Waals surface area contributed by atoms with Crippen molar-refractivity contribution >= 4 is 23.2 Å². The quantitative estimate of drug-likeness (QED) is 0.617. The van der Waals surface area contributed by atoms with Gasteiger partial charge in [0.05, 0.1) is 0 Å². The van der Waals surface area contributed by atoms with Gasteiger partial charge in [-0.3, -0.25) is 0 Å². The van der Waals surface area contributed by atoms with Gasteiger partial charge in [0.2, 0.25) is 0 Å². The highest BCUT2D eigenvalue weighted by molar-refractivity contribution is 6.30. The molecule has 0 aliphatic heterocycles. The molecule has 1 fully saturated rings. The van der Waals surface area contributed by atoms with E-state index in [0.29, 0.717) is 6.04 Å². The number of aromatic nitrogens is 2. The Morgan fingerprint density at radius 3 is 2.50 bits per heavy atom. The van der Waals surface area contributed by atoms with Gasteiger partial charge >= 0.3 is 0 Å². The van der Waals surface area contributed by atoms with E-state index in [1.807, 2.05) is 54.6 Å². The van der Waals surface area contributed by atoms with E-state index in [1.165, 1.54) is 18.4 Å². The molecule has 1 heterocycles. The third-order valence-corrected chi connectivity index (χ3v) is 4.53. The summed E-state index contributed by atoms with van der Waals surface area (Å²) in [5.41, 5.74) is 2.23. The normalized spacial score (nSPS) is 13.4. The summed E-state index contributed by atoms with van der Waals surface area (Å²) in [5, 5.41) is 7.67. The zero-order chi connectivity index (χ0) is 17.8. The summed E-state index contributed by atoms with van der Waals surface area (Å²) >= 11 is 6.06. The highest BCUT2D eigenvalue weighted by atomic mass is 35.5. The Labute approximate surface area is 158 Å². The molecule has 4 nitrogen and oxygen atoms in total. The first kappa shape index (κ1) is 16.9. The summed E-state index contributed by atoms with van der Waals surface area (Å²) in [6, 6.07) is 20.6. The Morgan fingerprint density at radius 2 is 1.73 bits per heavy atom. The lowest BCUT2D eigenvalue weighted by atomic mass is 10.1. The van der Waals surface area contributed by atoms with Gasteiger partial charge < -0.3 is 10.6 Å². The van der Waals surface area contributed by atoms with Gasteiger partial charge in [-0.2, -0.15) is 0 Å². The number of rotatable bonds is 7. The van der Waals surface area contributed by atoms with Gasteiger partial charge in [-0.15, -0.1) is 0 Å². The SMILES string of the molecule is Clc1cccc(CCNc2cc(NC3CC3)nc(-c3ccccc3)n2)c1. The van der Waals surface area contributed by atoms with Crippen LogP contribution in [0.4, 0.5) is 11.6 Å². The molecular formula is C21H21ClN4. The van der Waals surface area contributed by atoms with Gasteiger partial charge in [-0.25, -0.2) is 9.97 Å². The molecule has 0 radical (unpaired) electrons. The van der Waals surface area contributed by atoms with Crippen molar-refractivity contribution in [2.24, 2.45) is 0 Å². The molecule has 0 bridgehead atoms. The number of nitrogens with zero attached hydrogens (tertiary/aromatic N) is 2. The molecule has 1 aliphatic rings. The zero-order valence-electron chi connectivity index (χ0n) is 14.5. The molecule has 2 N–H and O–H groups in total. The van der Waals surface area contributed by atoms with Crippen LogP contribution in [0.5, 0.6) is 0 Å². The number of benzene rings is 2. The molecule has 0 amide bonds. The van der Waals surface area contributed by atoms with E-state index >= 15 is 0 Å². The van der Waals surface area contributed by atoms with Crippen LogP contribution in [0.3, 0.4) is 0 Å². The van der Waals surface area contributed by atoms with Crippen LogP contribution >= 0.6 is 11.6 Å².